The third kappa shape index (κ3) is 4.35. The van der Waals surface area contributed by atoms with E-state index in [4.69, 9.17) is 32.9 Å². The molecule has 1 spiro atoms. The zero-order chi connectivity index (χ0) is 24.7. The van der Waals surface area contributed by atoms with Crippen LogP contribution in [0.2, 0.25) is 10.0 Å². The van der Waals surface area contributed by atoms with E-state index in [1.165, 1.54) is 0 Å². The maximum atomic E-state index is 12.6. The Morgan fingerprint density at radius 1 is 1.14 bits per heavy atom. The number of carbonyl (C=O) groups excluding carboxylic acids is 1. The van der Waals surface area contributed by atoms with Gasteiger partial charge in [0.15, 0.2) is 5.78 Å². The van der Waals surface area contributed by atoms with Crippen LogP contribution in [0.3, 0.4) is 0 Å². The number of nitrogens with one attached hydrogen (secondary N) is 1. The molecule has 1 saturated heterocycles. The van der Waals surface area contributed by atoms with Crippen molar-refractivity contribution in [2.75, 3.05) is 13.2 Å². The number of hydrogen-bond donors (Lipinski definition) is 2. The van der Waals surface area contributed by atoms with Crippen molar-refractivity contribution in [3.8, 4) is 11.3 Å². The predicted octanol–water partition coefficient (Wildman–Crippen LogP) is 5.78. The van der Waals surface area contributed by atoms with Crippen LogP contribution in [0.1, 0.15) is 18.4 Å². The van der Waals surface area contributed by atoms with Crippen molar-refractivity contribution < 1.29 is 19.4 Å². The summed E-state index contributed by atoms with van der Waals surface area (Å²) >= 11 is 16.0. The Bertz CT molecular complexity index is 1360. The first-order valence-electron chi connectivity index (χ1n) is 11.2. The number of allylic oxidation sites excluding steroid dienone is 2. The van der Waals surface area contributed by atoms with Crippen molar-refractivity contribution in [2.24, 2.45) is 5.41 Å². The Labute approximate surface area is 220 Å². The van der Waals surface area contributed by atoms with Gasteiger partial charge in [0.2, 0.25) is 0 Å². The first-order chi connectivity index (χ1) is 16.8. The van der Waals surface area contributed by atoms with Crippen LogP contribution in [0.15, 0.2) is 58.7 Å². The molecule has 1 aliphatic carbocycles. The molecule has 2 N–H and O–H groups in total. The molecule has 1 atom stereocenters. The summed E-state index contributed by atoms with van der Waals surface area (Å²) in [5.74, 6) is -0.972. The lowest BCUT2D eigenvalue weighted by atomic mass is 9.66. The van der Waals surface area contributed by atoms with Crippen LogP contribution in [0.4, 0.5) is 0 Å². The summed E-state index contributed by atoms with van der Waals surface area (Å²) in [5.41, 5.74) is 2.92. The fourth-order valence-corrected chi connectivity index (χ4v) is 6.24. The molecule has 0 bridgehead atoms. The molecule has 6 nitrogen and oxygen atoms in total. The topological polar surface area (TPSA) is 88.5 Å². The largest absolute Gasteiger partial charge is 0.480 e. The van der Waals surface area contributed by atoms with E-state index in [0.29, 0.717) is 57.5 Å². The molecule has 2 aromatic carbocycles. The molecule has 5 rings (SSSR count). The smallest absolute Gasteiger partial charge is 0.326 e. The minimum absolute atomic E-state index is 0.0126. The number of carboxylic acid groups (broad SMARTS) is 1. The van der Waals surface area contributed by atoms with Gasteiger partial charge in [0, 0.05) is 36.3 Å². The molecule has 1 aliphatic heterocycles. The van der Waals surface area contributed by atoms with Crippen LogP contribution >= 0.6 is 39.1 Å². The predicted molar refractivity (Wildman–Crippen MR) is 139 cm³/mol. The van der Waals surface area contributed by atoms with Crippen molar-refractivity contribution in [3.63, 3.8) is 0 Å². The zero-order valence-electron chi connectivity index (χ0n) is 18.5. The lowest BCUT2D eigenvalue weighted by Crippen LogP contribution is -2.54. The Kier molecular flexibility index (Phi) is 6.61. The Hall–Kier alpha value is -2.45. The van der Waals surface area contributed by atoms with Crippen molar-refractivity contribution in [2.45, 2.75) is 25.3 Å². The molecule has 2 heterocycles. The number of rotatable bonds is 6. The molecule has 1 aromatic heterocycles. The standard InChI is InChI=1S/C26H21BrCl2N2O4/c27-22-23(26(24(22)32)8-10-35-11-9-26)31-20(25(33)34)13-14-4-6-18-15(12-14)5-7-19(30-18)21-16(28)2-1-3-17(21)29/h1-7,12,20,31H,8-11,13H2,(H,33,34)/t20-/m0/s1. The molecule has 9 heteroatoms. The second-order valence-corrected chi connectivity index (χ2v) is 10.4. The highest BCUT2D eigenvalue weighted by Gasteiger charge is 2.54. The molecule has 0 radical (unpaired) electrons. The highest BCUT2D eigenvalue weighted by Crippen LogP contribution is 2.51. The lowest BCUT2D eigenvalue weighted by molar-refractivity contribution is -0.140. The third-order valence-electron chi connectivity index (χ3n) is 6.71. The van der Waals surface area contributed by atoms with Crippen LogP contribution in [-0.2, 0) is 20.7 Å². The number of benzene rings is 2. The average molecular weight is 576 g/mol. The number of pyridine rings is 1. The van der Waals surface area contributed by atoms with Gasteiger partial charge in [-0.15, -0.1) is 0 Å². The number of ketones is 1. The summed E-state index contributed by atoms with van der Waals surface area (Å²) in [5, 5.41) is 15.0. The molecular formula is C26H21BrCl2N2O4. The van der Waals surface area contributed by atoms with E-state index in [0.717, 1.165) is 16.5 Å². The average Bonchev–Trinajstić information content (AvgIpc) is 2.86. The van der Waals surface area contributed by atoms with Gasteiger partial charge in [0.1, 0.15) is 6.04 Å². The van der Waals surface area contributed by atoms with E-state index in [1.54, 1.807) is 18.2 Å². The molecule has 0 amide bonds. The minimum atomic E-state index is -0.985. The maximum Gasteiger partial charge on any atom is 0.326 e. The van der Waals surface area contributed by atoms with Gasteiger partial charge in [-0.3, -0.25) is 4.79 Å². The number of fused-ring (bicyclic) bond motifs is 1. The van der Waals surface area contributed by atoms with Crippen LogP contribution in [0, 0.1) is 5.41 Å². The summed E-state index contributed by atoms with van der Waals surface area (Å²) in [7, 11) is 0. The van der Waals surface area contributed by atoms with E-state index < -0.39 is 17.4 Å². The van der Waals surface area contributed by atoms with Gasteiger partial charge in [0.05, 0.1) is 31.2 Å². The fraction of sp³-hybridized carbons (Fsp3) is 0.269. The molecule has 1 fully saturated rings. The van der Waals surface area contributed by atoms with Crippen molar-refractivity contribution >= 4 is 61.8 Å². The summed E-state index contributed by atoms with van der Waals surface area (Å²) in [4.78, 5) is 29.4. The molecular weight excluding hydrogens is 555 g/mol. The molecule has 180 valence electrons. The summed E-state index contributed by atoms with van der Waals surface area (Å²) in [6.07, 6.45) is 1.35. The minimum Gasteiger partial charge on any atom is -0.480 e. The monoisotopic (exact) mass is 574 g/mol. The molecule has 0 unspecified atom stereocenters. The van der Waals surface area contributed by atoms with E-state index in [2.05, 4.69) is 21.2 Å². The van der Waals surface area contributed by atoms with Gasteiger partial charge in [-0.05, 0) is 64.7 Å². The van der Waals surface area contributed by atoms with Crippen molar-refractivity contribution in [1.82, 2.24) is 10.3 Å². The summed E-state index contributed by atoms with van der Waals surface area (Å²) < 4.78 is 5.85. The number of ether oxygens (including phenoxy) is 1. The number of carbonyl (C=O) groups is 2. The van der Waals surface area contributed by atoms with Crippen molar-refractivity contribution in [1.29, 1.82) is 0 Å². The number of Topliss-reactive ketones (excluding diaryl/α,β-unsaturated/α-hetero) is 1. The Morgan fingerprint density at radius 3 is 2.54 bits per heavy atom. The van der Waals surface area contributed by atoms with Gasteiger partial charge in [-0.1, -0.05) is 41.4 Å². The van der Waals surface area contributed by atoms with Gasteiger partial charge in [-0.25, -0.2) is 9.78 Å². The summed E-state index contributed by atoms with van der Waals surface area (Å²) in [6, 6.07) is 13.9. The molecule has 0 saturated carbocycles. The van der Waals surface area contributed by atoms with E-state index in [9.17, 15) is 14.7 Å². The third-order valence-corrected chi connectivity index (χ3v) is 8.09. The van der Waals surface area contributed by atoms with Gasteiger partial charge < -0.3 is 15.2 Å². The number of hydrogen-bond acceptors (Lipinski definition) is 5. The second kappa shape index (κ2) is 9.54. The maximum absolute atomic E-state index is 12.6. The first kappa shape index (κ1) is 24.3. The Balaban J connectivity index is 1.39. The van der Waals surface area contributed by atoms with E-state index in [-0.39, 0.29) is 12.2 Å². The number of nitrogens with zero attached hydrogens (tertiary/aromatic N) is 1. The zero-order valence-corrected chi connectivity index (χ0v) is 21.6. The van der Waals surface area contributed by atoms with Crippen molar-refractivity contribution in [3.05, 3.63) is 74.3 Å². The molecule has 3 aromatic rings. The number of halogens is 3. The molecule has 2 aliphatic rings. The van der Waals surface area contributed by atoms with Gasteiger partial charge in [-0.2, -0.15) is 0 Å². The van der Waals surface area contributed by atoms with E-state index in [1.807, 2.05) is 30.3 Å². The van der Waals surface area contributed by atoms with Gasteiger partial charge >= 0.3 is 5.97 Å². The first-order valence-corrected chi connectivity index (χ1v) is 12.7. The quantitative estimate of drug-likeness (QED) is 0.387. The SMILES string of the molecule is O=C(O)[C@H](Cc1ccc2nc(-c3c(Cl)cccc3Cl)ccc2c1)NC1=C(Br)C(=O)C12CCOCC2. The van der Waals surface area contributed by atoms with Crippen LogP contribution < -0.4 is 5.32 Å². The number of carboxylic acids is 1. The summed E-state index contributed by atoms with van der Waals surface area (Å²) in [6.45, 7) is 0.960. The highest BCUT2D eigenvalue weighted by molar-refractivity contribution is 9.12. The van der Waals surface area contributed by atoms with Gasteiger partial charge in [0.25, 0.3) is 0 Å². The van der Waals surface area contributed by atoms with Crippen LogP contribution in [0.5, 0.6) is 0 Å². The normalized spacial score (nSPS) is 18.0. The lowest BCUT2D eigenvalue weighted by Gasteiger charge is -2.45. The number of aliphatic carboxylic acids is 1. The second-order valence-electron chi connectivity index (χ2n) is 8.77. The fourth-order valence-electron chi connectivity index (χ4n) is 4.78. The van der Waals surface area contributed by atoms with Crippen LogP contribution in [-0.4, -0.2) is 41.1 Å². The Morgan fingerprint density at radius 2 is 1.86 bits per heavy atom. The van der Waals surface area contributed by atoms with E-state index >= 15 is 0 Å². The highest BCUT2D eigenvalue weighted by atomic mass is 79.9. The molecule has 35 heavy (non-hydrogen) atoms. The van der Waals surface area contributed by atoms with Crippen LogP contribution in [0.25, 0.3) is 22.2 Å². The number of aromatic nitrogens is 1.